The van der Waals surface area contributed by atoms with Gasteiger partial charge >= 0.3 is 11.9 Å². The molecule has 0 bridgehead atoms. The number of carbonyl (C=O) groups is 2. The maximum absolute atomic E-state index is 11.2. The number of halogens is 1. The third-order valence-electron chi connectivity index (χ3n) is 1.78. The van der Waals surface area contributed by atoms with Crippen LogP contribution in [0, 0.1) is 0 Å². The molecule has 0 aromatic heterocycles. The molecule has 64 valence electrons. The van der Waals surface area contributed by atoms with Crippen LogP contribution < -0.4 is 5.19 Å². The number of cyclic esters (lactones) is 2. The Balaban J connectivity index is 2.69. The first-order valence-electron chi connectivity index (χ1n) is 3.50. The Morgan fingerprint density at radius 1 is 1.23 bits per heavy atom. The van der Waals surface area contributed by atoms with Crippen LogP contribution in [0.1, 0.15) is 20.7 Å². The lowest BCUT2D eigenvalue weighted by Gasteiger charge is -1.97. The number of hydrogen-bond acceptors (Lipinski definition) is 3. The second kappa shape index (κ2) is 2.97. The molecule has 1 heterocycles. The van der Waals surface area contributed by atoms with Crippen molar-refractivity contribution in [2.45, 2.75) is 0 Å². The van der Waals surface area contributed by atoms with E-state index in [4.69, 9.17) is 11.1 Å². The van der Waals surface area contributed by atoms with Crippen molar-refractivity contribution in [1.29, 1.82) is 0 Å². The lowest BCUT2D eigenvalue weighted by Crippen LogP contribution is -2.18. The minimum atomic E-state index is -0.594. The topological polar surface area (TPSA) is 43.4 Å². The normalized spacial score (nSPS) is 14.2. The van der Waals surface area contributed by atoms with E-state index in [0.717, 1.165) is 0 Å². The van der Waals surface area contributed by atoms with E-state index in [-0.39, 0.29) is 8.83 Å². The van der Waals surface area contributed by atoms with E-state index in [0.29, 0.717) is 16.3 Å². The zero-order valence-corrected chi connectivity index (χ0v) is 8.09. The lowest BCUT2D eigenvalue weighted by molar-refractivity contribution is 0.0444. The number of fused-ring (bicyclic) bond motifs is 1. The number of esters is 2. The molecule has 1 aromatic carbocycles. The lowest BCUT2D eigenvalue weighted by atomic mass is 10.1. The molecule has 0 unspecified atom stereocenters. The summed E-state index contributed by atoms with van der Waals surface area (Å²) in [5.41, 5.74) is 0.636. The van der Waals surface area contributed by atoms with Crippen LogP contribution >= 0.6 is 11.1 Å². The van der Waals surface area contributed by atoms with Gasteiger partial charge in [0.2, 0.25) is 8.83 Å². The van der Waals surface area contributed by atoms with E-state index in [1.807, 2.05) is 0 Å². The summed E-state index contributed by atoms with van der Waals surface area (Å²) in [7, 11) is -0.0331. The Morgan fingerprint density at radius 2 is 2.00 bits per heavy atom. The second-order valence-corrected chi connectivity index (χ2v) is 3.79. The quantitative estimate of drug-likeness (QED) is 0.293. The first-order chi connectivity index (χ1) is 6.24. The summed E-state index contributed by atoms with van der Waals surface area (Å²) in [6.45, 7) is 0. The standard InChI is InChI=1S/C8H3ClO3Si/c9-13-5-3-1-2-4-6(5)8(11)12-7(4)10/h1-3H. The van der Waals surface area contributed by atoms with Gasteiger partial charge in [-0.25, -0.2) is 9.59 Å². The molecule has 2 radical (unpaired) electrons. The van der Waals surface area contributed by atoms with Crippen molar-refractivity contribution in [3.8, 4) is 0 Å². The van der Waals surface area contributed by atoms with E-state index in [2.05, 4.69) is 4.74 Å². The van der Waals surface area contributed by atoms with Crippen molar-refractivity contribution in [2.75, 3.05) is 0 Å². The molecule has 0 atom stereocenters. The number of benzene rings is 1. The fourth-order valence-electron chi connectivity index (χ4n) is 1.21. The molecule has 2 rings (SSSR count). The predicted molar refractivity (Wildman–Crippen MR) is 47.4 cm³/mol. The largest absolute Gasteiger partial charge is 0.386 e. The van der Waals surface area contributed by atoms with Gasteiger partial charge in [-0.15, -0.1) is 0 Å². The smallest absolute Gasteiger partial charge is 0.346 e. The van der Waals surface area contributed by atoms with Gasteiger partial charge in [0, 0.05) is 0 Å². The highest BCUT2D eigenvalue weighted by molar-refractivity contribution is 7.01. The molecule has 0 aliphatic carbocycles. The summed E-state index contributed by atoms with van der Waals surface area (Å²) in [5.74, 6) is -1.18. The molecule has 0 N–H and O–H groups in total. The maximum Gasteiger partial charge on any atom is 0.346 e. The van der Waals surface area contributed by atoms with Crippen LogP contribution in [0.25, 0.3) is 0 Å². The summed E-state index contributed by atoms with van der Waals surface area (Å²) >= 11 is 5.63. The Labute approximate surface area is 81.2 Å². The zero-order chi connectivity index (χ0) is 9.42. The fraction of sp³-hybridized carbons (Fsp3) is 0. The van der Waals surface area contributed by atoms with Gasteiger partial charge in [-0.3, -0.25) is 0 Å². The van der Waals surface area contributed by atoms with Crippen LogP contribution in [0.3, 0.4) is 0 Å². The van der Waals surface area contributed by atoms with E-state index >= 15 is 0 Å². The Hall–Kier alpha value is -1.13. The summed E-state index contributed by atoms with van der Waals surface area (Å²) in [4.78, 5) is 22.2. The molecular weight excluding hydrogens is 208 g/mol. The molecule has 3 nitrogen and oxygen atoms in total. The van der Waals surface area contributed by atoms with Crippen molar-refractivity contribution in [2.24, 2.45) is 0 Å². The third kappa shape index (κ3) is 1.18. The van der Waals surface area contributed by atoms with Crippen LogP contribution in [0.4, 0.5) is 0 Å². The van der Waals surface area contributed by atoms with Gasteiger partial charge in [-0.05, 0) is 11.3 Å². The van der Waals surface area contributed by atoms with Crippen molar-refractivity contribution < 1.29 is 14.3 Å². The first-order valence-corrected chi connectivity index (χ1v) is 5.51. The highest BCUT2D eigenvalue weighted by Gasteiger charge is 2.31. The average Bonchev–Trinajstić information content (AvgIpc) is 2.43. The van der Waals surface area contributed by atoms with E-state index in [1.54, 1.807) is 18.2 Å². The molecule has 1 aliphatic rings. The van der Waals surface area contributed by atoms with E-state index in [1.165, 1.54) is 0 Å². The summed E-state index contributed by atoms with van der Waals surface area (Å²) < 4.78 is 4.44. The molecule has 1 aromatic rings. The zero-order valence-electron chi connectivity index (χ0n) is 6.33. The van der Waals surface area contributed by atoms with Crippen LogP contribution in [0.15, 0.2) is 18.2 Å². The molecule has 0 saturated carbocycles. The van der Waals surface area contributed by atoms with Gasteiger partial charge in [-0.2, -0.15) is 11.1 Å². The summed E-state index contributed by atoms with van der Waals surface area (Å²) in [5, 5.41) is 0.662. The maximum atomic E-state index is 11.2. The molecule has 1 aliphatic heterocycles. The number of carbonyl (C=O) groups excluding carboxylic acids is 2. The van der Waals surface area contributed by atoms with Gasteiger partial charge in [0.1, 0.15) is 0 Å². The summed E-state index contributed by atoms with van der Waals surface area (Å²) in [6, 6.07) is 4.96. The van der Waals surface area contributed by atoms with Crippen molar-refractivity contribution in [3.05, 3.63) is 29.3 Å². The van der Waals surface area contributed by atoms with Gasteiger partial charge in [0.15, 0.2) is 0 Å². The third-order valence-corrected chi connectivity index (χ3v) is 3.01. The van der Waals surface area contributed by atoms with Crippen molar-refractivity contribution in [1.82, 2.24) is 0 Å². The number of ether oxygens (including phenoxy) is 1. The van der Waals surface area contributed by atoms with Gasteiger partial charge < -0.3 is 4.74 Å². The van der Waals surface area contributed by atoms with Gasteiger partial charge in [0.25, 0.3) is 0 Å². The molecular formula is C8H3ClO3Si. The monoisotopic (exact) mass is 210 g/mol. The van der Waals surface area contributed by atoms with Crippen LogP contribution in [-0.2, 0) is 4.74 Å². The molecule has 0 amide bonds. The van der Waals surface area contributed by atoms with Crippen LogP contribution in [-0.4, -0.2) is 20.8 Å². The second-order valence-electron chi connectivity index (χ2n) is 2.50. The van der Waals surface area contributed by atoms with Crippen molar-refractivity contribution >= 4 is 37.0 Å². The van der Waals surface area contributed by atoms with Crippen LogP contribution in [0.2, 0.25) is 0 Å². The molecule has 13 heavy (non-hydrogen) atoms. The highest BCUT2D eigenvalue weighted by atomic mass is 35.6. The average molecular weight is 211 g/mol. The molecule has 0 fully saturated rings. The van der Waals surface area contributed by atoms with Gasteiger partial charge in [-0.1, -0.05) is 12.1 Å². The fourth-order valence-corrected chi connectivity index (χ4v) is 2.17. The molecule has 0 spiro atoms. The van der Waals surface area contributed by atoms with E-state index in [9.17, 15) is 9.59 Å². The predicted octanol–water partition coefficient (Wildman–Crippen LogP) is 0.481. The van der Waals surface area contributed by atoms with E-state index < -0.39 is 11.9 Å². The van der Waals surface area contributed by atoms with Crippen molar-refractivity contribution in [3.63, 3.8) is 0 Å². The SMILES string of the molecule is O=C1OC(=O)c2c([Si]Cl)cccc21. The Kier molecular flexibility index (Phi) is 1.94. The first kappa shape index (κ1) is 8.46. The Morgan fingerprint density at radius 3 is 2.69 bits per heavy atom. The van der Waals surface area contributed by atoms with Crippen LogP contribution in [0.5, 0.6) is 0 Å². The number of rotatable bonds is 1. The van der Waals surface area contributed by atoms with Gasteiger partial charge in [0.05, 0.1) is 11.1 Å². The minimum Gasteiger partial charge on any atom is -0.386 e. The summed E-state index contributed by atoms with van der Waals surface area (Å²) in [6.07, 6.45) is 0. The molecule has 0 saturated heterocycles. The Bertz CT molecular complexity index is 402. The minimum absolute atomic E-state index is 0.0331. The molecule has 5 heteroatoms. The number of hydrogen-bond donors (Lipinski definition) is 0. The highest BCUT2D eigenvalue weighted by Crippen LogP contribution is 2.17.